The van der Waals surface area contributed by atoms with Crippen molar-refractivity contribution in [3.8, 4) is 0 Å². The van der Waals surface area contributed by atoms with Gasteiger partial charge in [-0.3, -0.25) is 4.79 Å². The zero-order chi connectivity index (χ0) is 19.5. The van der Waals surface area contributed by atoms with Crippen LogP contribution in [0.5, 0.6) is 0 Å². The molecule has 1 aliphatic heterocycles. The molecule has 28 heavy (non-hydrogen) atoms. The molecule has 0 saturated heterocycles. The van der Waals surface area contributed by atoms with E-state index in [1.54, 1.807) is 6.07 Å². The Kier molecular flexibility index (Phi) is 5.69. The van der Waals surface area contributed by atoms with E-state index < -0.39 is 0 Å². The Morgan fingerprint density at radius 1 is 1.07 bits per heavy atom. The van der Waals surface area contributed by atoms with E-state index in [2.05, 4.69) is 52.6 Å². The van der Waals surface area contributed by atoms with Crippen LogP contribution >= 0.6 is 12.6 Å². The van der Waals surface area contributed by atoms with Crippen LogP contribution in [0.3, 0.4) is 0 Å². The molecule has 0 spiro atoms. The molecule has 0 fully saturated rings. The molecule has 1 aromatic heterocycles. The van der Waals surface area contributed by atoms with Crippen molar-refractivity contribution in [2.45, 2.75) is 25.2 Å². The van der Waals surface area contributed by atoms with E-state index in [0.29, 0.717) is 11.4 Å². The summed E-state index contributed by atoms with van der Waals surface area (Å²) in [6.45, 7) is 1.70. The largest absolute Gasteiger partial charge is 0.361 e. The van der Waals surface area contributed by atoms with Gasteiger partial charge in [0.05, 0.1) is 11.6 Å². The molecule has 4 rings (SSSR count). The van der Waals surface area contributed by atoms with Crippen molar-refractivity contribution in [3.05, 3.63) is 65.1 Å². The summed E-state index contributed by atoms with van der Waals surface area (Å²) >= 11 is 4.27. The van der Waals surface area contributed by atoms with E-state index >= 15 is 0 Å². The zero-order valence-corrected chi connectivity index (χ0v) is 16.5. The highest BCUT2D eigenvalue weighted by Gasteiger charge is 2.33. The number of carbonyl (C=O) groups excluding carboxylic acids is 1. The highest BCUT2D eigenvalue weighted by atomic mass is 32.1. The predicted molar refractivity (Wildman–Crippen MR) is 115 cm³/mol. The second kappa shape index (κ2) is 8.37. The summed E-state index contributed by atoms with van der Waals surface area (Å²) in [5, 5.41) is 7.42. The van der Waals surface area contributed by atoms with Crippen molar-refractivity contribution in [2.75, 3.05) is 24.2 Å². The molecule has 2 heterocycles. The number of carbonyl (C=O) groups is 1. The van der Waals surface area contributed by atoms with E-state index in [1.165, 1.54) is 22.5 Å². The number of aromatic amines is 1. The molecule has 1 amide bonds. The number of rotatable bonds is 8. The lowest BCUT2D eigenvalue weighted by Gasteiger charge is -2.13. The number of para-hydroxylation sites is 1. The van der Waals surface area contributed by atoms with Crippen LogP contribution in [0.4, 0.5) is 10.1 Å². The zero-order valence-electron chi connectivity index (χ0n) is 15.6. The van der Waals surface area contributed by atoms with Crippen LogP contribution in [-0.2, 0) is 17.6 Å². The minimum Gasteiger partial charge on any atom is -0.361 e. The number of benzene rings is 2. The second-order valence-electron chi connectivity index (χ2n) is 7.18. The van der Waals surface area contributed by atoms with Crippen LogP contribution in [0.25, 0.3) is 10.9 Å². The molecular weight excluding hydrogens is 373 g/mol. The summed E-state index contributed by atoms with van der Waals surface area (Å²) < 4.78 is 14.0. The number of hydrogen-bond acceptors (Lipinski definition) is 3. The van der Waals surface area contributed by atoms with E-state index in [4.69, 9.17) is 0 Å². The Hall–Kier alpha value is -2.31. The Morgan fingerprint density at radius 2 is 1.93 bits per heavy atom. The molecule has 0 radical (unpaired) electrons. The molecule has 146 valence electrons. The Morgan fingerprint density at radius 3 is 2.79 bits per heavy atom. The van der Waals surface area contributed by atoms with Crippen molar-refractivity contribution in [3.63, 3.8) is 0 Å². The molecule has 0 bridgehead atoms. The number of nitrogens with one attached hydrogen (secondary N) is 3. The second-order valence-corrected chi connectivity index (χ2v) is 7.55. The Labute approximate surface area is 169 Å². The Bertz CT molecular complexity index is 1000. The molecule has 3 aromatic rings. The summed E-state index contributed by atoms with van der Waals surface area (Å²) in [4.78, 5) is 15.4. The van der Waals surface area contributed by atoms with Crippen molar-refractivity contribution < 1.29 is 9.18 Å². The molecule has 1 unspecified atom stereocenters. The van der Waals surface area contributed by atoms with Crippen molar-refractivity contribution in [2.24, 2.45) is 0 Å². The molecule has 0 aliphatic carbocycles. The van der Waals surface area contributed by atoms with Gasteiger partial charge in [-0.25, -0.2) is 4.39 Å². The van der Waals surface area contributed by atoms with E-state index in [-0.39, 0.29) is 17.6 Å². The summed E-state index contributed by atoms with van der Waals surface area (Å²) in [7, 11) is 0. The SMILES string of the molecule is O=C1Nc2c(F)ccc(CCNCCCc3c[nH]c4ccccc34)c2C1CS. The van der Waals surface area contributed by atoms with Crippen LogP contribution in [-0.4, -0.2) is 29.7 Å². The van der Waals surface area contributed by atoms with Gasteiger partial charge in [0.15, 0.2) is 0 Å². The van der Waals surface area contributed by atoms with Gasteiger partial charge >= 0.3 is 0 Å². The van der Waals surface area contributed by atoms with Gasteiger partial charge in [-0.15, -0.1) is 0 Å². The van der Waals surface area contributed by atoms with Crippen LogP contribution in [0, 0.1) is 5.82 Å². The number of aryl methyl sites for hydroxylation is 1. The van der Waals surface area contributed by atoms with Gasteiger partial charge in [0, 0.05) is 22.9 Å². The van der Waals surface area contributed by atoms with Gasteiger partial charge in [0.25, 0.3) is 0 Å². The van der Waals surface area contributed by atoms with E-state index in [1.807, 2.05) is 6.07 Å². The molecule has 3 N–H and O–H groups in total. The van der Waals surface area contributed by atoms with Crippen LogP contribution in [0.2, 0.25) is 0 Å². The maximum absolute atomic E-state index is 14.0. The smallest absolute Gasteiger partial charge is 0.232 e. The predicted octanol–water partition coefficient (Wildman–Crippen LogP) is 4.04. The maximum Gasteiger partial charge on any atom is 0.232 e. The first-order valence-corrected chi connectivity index (χ1v) is 10.3. The molecule has 0 saturated carbocycles. The fourth-order valence-corrected chi connectivity index (χ4v) is 4.33. The van der Waals surface area contributed by atoms with E-state index in [9.17, 15) is 9.18 Å². The lowest BCUT2D eigenvalue weighted by atomic mass is 9.94. The number of anilines is 1. The van der Waals surface area contributed by atoms with Gasteiger partial charge < -0.3 is 15.6 Å². The first-order valence-electron chi connectivity index (χ1n) is 9.67. The highest BCUT2D eigenvalue weighted by molar-refractivity contribution is 7.80. The number of hydrogen-bond donors (Lipinski definition) is 4. The van der Waals surface area contributed by atoms with Gasteiger partial charge in [0.2, 0.25) is 5.91 Å². The lowest BCUT2D eigenvalue weighted by molar-refractivity contribution is -0.116. The number of halogens is 1. The van der Waals surface area contributed by atoms with Gasteiger partial charge in [-0.2, -0.15) is 12.6 Å². The first-order chi connectivity index (χ1) is 13.7. The van der Waals surface area contributed by atoms with Gasteiger partial charge in [-0.05, 0) is 61.2 Å². The molecule has 1 aliphatic rings. The fourth-order valence-electron chi connectivity index (χ4n) is 3.99. The number of aromatic nitrogens is 1. The summed E-state index contributed by atoms with van der Waals surface area (Å²) in [5.41, 5.74) is 4.65. The van der Waals surface area contributed by atoms with Crippen molar-refractivity contribution in [1.82, 2.24) is 10.3 Å². The van der Waals surface area contributed by atoms with Gasteiger partial charge in [-0.1, -0.05) is 24.3 Å². The number of H-pyrrole nitrogens is 1. The Balaban J connectivity index is 1.29. The normalized spacial score (nSPS) is 15.8. The highest BCUT2D eigenvalue weighted by Crippen LogP contribution is 2.38. The standard InChI is InChI=1S/C22H24FN3OS/c23-18-8-7-14(20-17(13-28)22(27)26-21(18)20)9-11-24-10-3-4-15-12-25-19-6-2-1-5-16(15)19/h1-2,5-8,12,17,24-25,28H,3-4,9-11,13H2,(H,26,27). The van der Waals surface area contributed by atoms with Crippen molar-refractivity contribution in [1.29, 1.82) is 0 Å². The first kappa shape index (κ1) is 19.0. The molecule has 1 atom stereocenters. The average Bonchev–Trinajstić information content (AvgIpc) is 3.27. The number of amides is 1. The molecular formula is C22H24FN3OS. The van der Waals surface area contributed by atoms with Gasteiger partial charge in [0.1, 0.15) is 5.82 Å². The van der Waals surface area contributed by atoms with Crippen LogP contribution in [0.15, 0.2) is 42.6 Å². The third-order valence-electron chi connectivity index (χ3n) is 5.43. The fraction of sp³-hybridized carbons (Fsp3) is 0.318. The summed E-state index contributed by atoms with van der Waals surface area (Å²) in [6.07, 6.45) is 4.91. The minimum absolute atomic E-state index is 0.164. The van der Waals surface area contributed by atoms with Crippen LogP contribution < -0.4 is 10.6 Å². The minimum atomic E-state index is -0.372. The third-order valence-corrected chi connectivity index (χ3v) is 5.79. The number of thiol groups is 1. The quantitative estimate of drug-likeness (QED) is 0.343. The summed E-state index contributed by atoms with van der Waals surface area (Å²) in [5.74, 6) is -0.523. The maximum atomic E-state index is 14.0. The molecule has 2 aromatic carbocycles. The topological polar surface area (TPSA) is 56.9 Å². The summed E-state index contributed by atoms with van der Waals surface area (Å²) in [6, 6.07) is 11.6. The van der Waals surface area contributed by atoms with E-state index in [0.717, 1.165) is 43.5 Å². The molecule has 4 nitrogen and oxygen atoms in total. The molecule has 6 heteroatoms. The van der Waals surface area contributed by atoms with Crippen LogP contribution in [0.1, 0.15) is 29.0 Å². The monoisotopic (exact) mass is 397 g/mol. The lowest BCUT2D eigenvalue weighted by Crippen LogP contribution is -2.20. The van der Waals surface area contributed by atoms with Crippen molar-refractivity contribution >= 4 is 35.1 Å². The third kappa shape index (κ3) is 3.66. The average molecular weight is 398 g/mol. The number of fused-ring (bicyclic) bond motifs is 2.